The molecule has 0 spiro atoms. The minimum absolute atomic E-state index is 0.527. The molecule has 0 aliphatic heterocycles. The van der Waals surface area contributed by atoms with Gasteiger partial charge in [-0.3, -0.25) is 0 Å². The van der Waals surface area contributed by atoms with Crippen LogP contribution in [0.15, 0.2) is 12.5 Å². The van der Waals surface area contributed by atoms with E-state index in [9.17, 15) is 0 Å². The Morgan fingerprint density at radius 3 is 3.00 bits per heavy atom. The van der Waals surface area contributed by atoms with Gasteiger partial charge in [0.1, 0.15) is 0 Å². The Hall–Kier alpha value is -1.72. The van der Waals surface area contributed by atoms with E-state index in [1.807, 2.05) is 21.8 Å². The van der Waals surface area contributed by atoms with Crippen molar-refractivity contribution in [2.45, 2.75) is 38.8 Å². The van der Waals surface area contributed by atoms with Gasteiger partial charge in [0.15, 0.2) is 5.82 Å². The van der Waals surface area contributed by atoms with Gasteiger partial charge < -0.3 is 4.57 Å². The lowest BCUT2D eigenvalue weighted by atomic mass is 10.4. The third-order valence-corrected chi connectivity index (χ3v) is 2.83. The molecule has 0 unspecified atom stereocenters. The van der Waals surface area contributed by atoms with Crippen molar-refractivity contribution in [2.24, 2.45) is 0 Å². The fraction of sp³-hybridized carbons (Fsp3) is 0.600. The van der Waals surface area contributed by atoms with Gasteiger partial charge in [0.25, 0.3) is 0 Å². The summed E-state index contributed by atoms with van der Waals surface area (Å²) in [7, 11) is 0. The Morgan fingerprint density at radius 2 is 2.31 bits per heavy atom. The van der Waals surface area contributed by atoms with Crippen LogP contribution in [-0.4, -0.2) is 29.8 Å². The molecule has 1 saturated carbocycles. The third kappa shape index (κ3) is 1.70. The summed E-state index contributed by atoms with van der Waals surface area (Å²) in [5.74, 6) is 0.919. The second-order valence-electron chi connectivity index (χ2n) is 4.16. The second-order valence-corrected chi connectivity index (χ2v) is 4.16. The van der Waals surface area contributed by atoms with Gasteiger partial charge in [0.2, 0.25) is 0 Å². The molecule has 0 saturated heterocycles. The molecular formula is C10H14N6. The lowest BCUT2D eigenvalue weighted by Crippen LogP contribution is -2.07. The van der Waals surface area contributed by atoms with E-state index in [0.717, 1.165) is 17.9 Å². The van der Waals surface area contributed by atoms with Crippen molar-refractivity contribution in [1.82, 2.24) is 29.8 Å². The molecule has 0 radical (unpaired) electrons. The average Bonchev–Trinajstić information content (AvgIpc) is 2.88. The Balaban J connectivity index is 1.79. The highest BCUT2D eigenvalue weighted by atomic mass is 15.6. The zero-order valence-electron chi connectivity index (χ0n) is 9.24. The van der Waals surface area contributed by atoms with Gasteiger partial charge in [0, 0.05) is 6.20 Å². The summed E-state index contributed by atoms with van der Waals surface area (Å²) in [6.07, 6.45) is 7.24. The first kappa shape index (κ1) is 9.50. The summed E-state index contributed by atoms with van der Waals surface area (Å²) >= 11 is 0. The number of hydrogen-bond acceptors (Lipinski definition) is 4. The van der Waals surface area contributed by atoms with Gasteiger partial charge in [-0.25, -0.2) is 9.67 Å². The first-order chi connectivity index (χ1) is 7.86. The van der Waals surface area contributed by atoms with Crippen molar-refractivity contribution < 1.29 is 0 Å². The molecule has 1 fully saturated rings. The molecule has 0 atom stereocenters. The molecule has 2 heterocycles. The summed E-state index contributed by atoms with van der Waals surface area (Å²) < 4.78 is 3.97. The maximum atomic E-state index is 4.29. The topological polar surface area (TPSA) is 61.4 Å². The van der Waals surface area contributed by atoms with Crippen LogP contribution in [0, 0.1) is 0 Å². The van der Waals surface area contributed by atoms with Crippen LogP contribution in [0.3, 0.4) is 0 Å². The predicted molar refractivity (Wildman–Crippen MR) is 56.8 cm³/mol. The molecular weight excluding hydrogens is 204 g/mol. The molecule has 84 valence electrons. The molecule has 3 rings (SSSR count). The van der Waals surface area contributed by atoms with E-state index in [1.165, 1.54) is 12.8 Å². The highest BCUT2D eigenvalue weighted by molar-refractivity contribution is 4.99. The fourth-order valence-electron chi connectivity index (χ4n) is 1.76. The molecule has 0 amide bonds. The molecule has 1 aliphatic carbocycles. The van der Waals surface area contributed by atoms with Crippen molar-refractivity contribution in [3.63, 3.8) is 0 Å². The zero-order chi connectivity index (χ0) is 11.0. The summed E-state index contributed by atoms with van der Waals surface area (Å²) in [5, 5.41) is 11.8. The predicted octanol–water partition coefficient (Wildman–Crippen LogP) is 0.815. The van der Waals surface area contributed by atoms with Gasteiger partial charge in [-0.05, 0) is 29.7 Å². The number of aromatic nitrogens is 6. The lowest BCUT2D eigenvalue weighted by Gasteiger charge is -2.02. The summed E-state index contributed by atoms with van der Waals surface area (Å²) in [4.78, 5) is 4.29. The summed E-state index contributed by atoms with van der Waals surface area (Å²) in [5.41, 5.74) is 1.10. The van der Waals surface area contributed by atoms with Crippen LogP contribution in [0.5, 0.6) is 0 Å². The standard InChI is InChI=1S/C10H14N6/c1-2-8-5-15(7-11-8)6-10-12-13-14-16(10)9-3-4-9/h5,7,9H,2-4,6H2,1H3. The Bertz CT molecular complexity index is 481. The first-order valence-corrected chi connectivity index (χ1v) is 5.64. The van der Waals surface area contributed by atoms with Crippen LogP contribution in [0.25, 0.3) is 0 Å². The smallest absolute Gasteiger partial charge is 0.171 e. The highest BCUT2D eigenvalue weighted by Crippen LogP contribution is 2.34. The SMILES string of the molecule is CCc1cn(Cc2nnnn2C2CC2)cn1. The zero-order valence-corrected chi connectivity index (χ0v) is 9.24. The van der Waals surface area contributed by atoms with E-state index >= 15 is 0 Å². The quantitative estimate of drug-likeness (QED) is 0.762. The molecule has 2 aromatic rings. The highest BCUT2D eigenvalue weighted by Gasteiger charge is 2.27. The van der Waals surface area contributed by atoms with E-state index in [4.69, 9.17) is 0 Å². The third-order valence-electron chi connectivity index (χ3n) is 2.83. The maximum absolute atomic E-state index is 4.29. The van der Waals surface area contributed by atoms with Crippen LogP contribution >= 0.6 is 0 Å². The fourth-order valence-corrected chi connectivity index (χ4v) is 1.76. The maximum Gasteiger partial charge on any atom is 0.171 e. The minimum atomic E-state index is 0.527. The number of imidazole rings is 1. The number of aryl methyl sites for hydroxylation is 1. The first-order valence-electron chi connectivity index (χ1n) is 5.64. The molecule has 1 aliphatic rings. The largest absolute Gasteiger partial charge is 0.329 e. The van der Waals surface area contributed by atoms with Crippen molar-refractivity contribution in [3.8, 4) is 0 Å². The monoisotopic (exact) mass is 218 g/mol. The van der Waals surface area contributed by atoms with E-state index < -0.39 is 0 Å². The number of hydrogen-bond donors (Lipinski definition) is 0. The van der Waals surface area contributed by atoms with E-state index in [2.05, 4.69) is 27.4 Å². The Morgan fingerprint density at radius 1 is 1.44 bits per heavy atom. The summed E-state index contributed by atoms with van der Waals surface area (Å²) in [6.45, 7) is 2.80. The van der Waals surface area contributed by atoms with Crippen LogP contribution in [0.1, 0.15) is 37.3 Å². The minimum Gasteiger partial charge on any atom is -0.329 e. The van der Waals surface area contributed by atoms with Crippen LogP contribution < -0.4 is 0 Å². The van der Waals surface area contributed by atoms with E-state index in [0.29, 0.717) is 12.6 Å². The molecule has 6 nitrogen and oxygen atoms in total. The number of rotatable bonds is 4. The van der Waals surface area contributed by atoms with Crippen LogP contribution in [0.2, 0.25) is 0 Å². The molecule has 0 aromatic carbocycles. The van der Waals surface area contributed by atoms with Crippen molar-refractivity contribution >= 4 is 0 Å². The van der Waals surface area contributed by atoms with Crippen molar-refractivity contribution in [1.29, 1.82) is 0 Å². The van der Waals surface area contributed by atoms with E-state index in [1.54, 1.807) is 0 Å². The molecule has 6 heteroatoms. The number of nitrogens with zero attached hydrogens (tertiary/aromatic N) is 6. The van der Waals surface area contributed by atoms with Gasteiger partial charge in [0.05, 0.1) is 24.6 Å². The van der Waals surface area contributed by atoms with E-state index in [-0.39, 0.29) is 0 Å². The molecule has 0 bridgehead atoms. The van der Waals surface area contributed by atoms with Gasteiger partial charge in [-0.2, -0.15) is 0 Å². The van der Waals surface area contributed by atoms with Gasteiger partial charge in [-0.1, -0.05) is 6.92 Å². The Kier molecular flexibility index (Phi) is 2.19. The van der Waals surface area contributed by atoms with Crippen molar-refractivity contribution in [2.75, 3.05) is 0 Å². The average molecular weight is 218 g/mol. The van der Waals surface area contributed by atoms with Crippen LogP contribution in [-0.2, 0) is 13.0 Å². The Labute approximate surface area is 93.3 Å². The van der Waals surface area contributed by atoms with Gasteiger partial charge >= 0.3 is 0 Å². The second kappa shape index (κ2) is 3.70. The normalized spacial score (nSPS) is 15.6. The molecule has 16 heavy (non-hydrogen) atoms. The lowest BCUT2D eigenvalue weighted by molar-refractivity contribution is 0.567. The van der Waals surface area contributed by atoms with Gasteiger partial charge in [-0.15, -0.1) is 5.10 Å². The number of tetrazole rings is 1. The van der Waals surface area contributed by atoms with Crippen molar-refractivity contribution in [3.05, 3.63) is 24.0 Å². The molecule has 2 aromatic heterocycles. The van der Waals surface area contributed by atoms with Crippen LogP contribution in [0.4, 0.5) is 0 Å². The molecule has 0 N–H and O–H groups in total. The summed E-state index contributed by atoms with van der Waals surface area (Å²) in [6, 6.07) is 0.527.